The third kappa shape index (κ3) is 4.18. The second-order valence-corrected chi connectivity index (χ2v) is 6.12. The molecule has 0 saturated heterocycles. The Balaban J connectivity index is 2.03. The molecule has 2 heterocycles. The number of pyridine rings is 1. The van der Waals surface area contributed by atoms with E-state index in [0.29, 0.717) is 0 Å². The number of aromatic nitrogens is 1. The first-order valence-corrected chi connectivity index (χ1v) is 7.53. The van der Waals surface area contributed by atoms with Gasteiger partial charge in [-0.1, -0.05) is 0 Å². The molecule has 0 unspecified atom stereocenters. The molecule has 20 heavy (non-hydrogen) atoms. The van der Waals surface area contributed by atoms with Crippen molar-refractivity contribution in [2.75, 3.05) is 11.9 Å². The summed E-state index contributed by atoms with van der Waals surface area (Å²) in [5.74, 6) is -0.114. The molecule has 0 atom stereocenters. The summed E-state index contributed by atoms with van der Waals surface area (Å²) in [7, 11) is 1.97. The van der Waals surface area contributed by atoms with E-state index < -0.39 is 5.97 Å². The largest absolute Gasteiger partial charge is 0.478 e. The molecule has 6 heteroatoms. The number of anilines is 1. The van der Waals surface area contributed by atoms with Gasteiger partial charge in [-0.3, -0.25) is 0 Å². The van der Waals surface area contributed by atoms with Gasteiger partial charge in [0.2, 0.25) is 0 Å². The van der Waals surface area contributed by atoms with Crippen LogP contribution in [0.1, 0.15) is 10.4 Å². The van der Waals surface area contributed by atoms with E-state index >= 15 is 0 Å². The maximum absolute atomic E-state index is 10.4. The summed E-state index contributed by atoms with van der Waals surface area (Å²) in [6, 6.07) is 5.82. The third-order valence-corrected chi connectivity index (χ3v) is 4.28. The Labute approximate surface area is 129 Å². The summed E-state index contributed by atoms with van der Waals surface area (Å²) in [5, 5.41) is 10.6. The molecule has 2 rings (SSSR count). The molecule has 104 valence electrons. The predicted octanol–water partition coefficient (Wildman–Crippen LogP) is 3.64. The van der Waals surface area contributed by atoms with Gasteiger partial charge < -0.3 is 10.0 Å². The Kier molecular flexibility index (Phi) is 4.92. The molecule has 0 spiro atoms. The van der Waals surface area contributed by atoms with E-state index in [0.717, 1.165) is 28.5 Å². The number of aliphatic carboxylic acids is 1. The fourth-order valence-electron chi connectivity index (χ4n) is 1.64. The average molecular weight is 353 g/mol. The van der Waals surface area contributed by atoms with Gasteiger partial charge in [0.15, 0.2) is 0 Å². The molecule has 0 aliphatic carbocycles. The smallest absolute Gasteiger partial charge is 0.328 e. The van der Waals surface area contributed by atoms with Gasteiger partial charge in [-0.2, -0.15) is 0 Å². The van der Waals surface area contributed by atoms with Crippen molar-refractivity contribution in [1.29, 1.82) is 0 Å². The molecule has 0 aliphatic heterocycles. The Hall–Kier alpha value is -1.66. The van der Waals surface area contributed by atoms with Gasteiger partial charge in [0.25, 0.3) is 0 Å². The lowest BCUT2D eigenvalue weighted by Crippen LogP contribution is -2.16. The normalized spacial score (nSPS) is 10.9. The van der Waals surface area contributed by atoms with Crippen LogP contribution in [-0.4, -0.2) is 23.1 Å². The number of carboxylic acids is 1. The molecule has 2 aromatic heterocycles. The molecule has 0 radical (unpaired) electrons. The van der Waals surface area contributed by atoms with Gasteiger partial charge in [0.05, 0.1) is 6.54 Å². The zero-order chi connectivity index (χ0) is 14.5. The summed E-state index contributed by atoms with van der Waals surface area (Å²) >= 11 is 5.13. The summed E-state index contributed by atoms with van der Waals surface area (Å²) < 4.78 is 1.09. The highest BCUT2D eigenvalue weighted by Gasteiger charge is 2.05. The fourth-order valence-corrected chi connectivity index (χ4v) is 3.14. The van der Waals surface area contributed by atoms with Gasteiger partial charge in [-0.15, -0.1) is 11.3 Å². The van der Waals surface area contributed by atoms with E-state index in [-0.39, 0.29) is 0 Å². The highest BCUT2D eigenvalue weighted by atomic mass is 79.9. The summed E-state index contributed by atoms with van der Waals surface area (Å²) in [5.41, 5.74) is 0.767. The van der Waals surface area contributed by atoms with Gasteiger partial charge in [-0.05, 0) is 45.8 Å². The quantitative estimate of drug-likeness (QED) is 0.834. The highest BCUT2D eigenvalue weighted by molar-refractivity contribution is 9.10. The van der Waals surface area contributed by atoms with Crippen LogP contribution in [0.5, 0.6) is 0 Å². The van der Waals surface area contributed by atoms with Gasteiger partial charge in [0, 0.05) is 34.1 Å². The first-order chi connectivity index (χ1) is 9.54. The molecule has 2 aromatic rings. The number of carboxylic acid groups (broad SMARTS) is 1. The number of carbonyl (C=O) groups is 1. The maximum atomic E-state index is 10.4. The molecular formula is C14H13BrN2O2S. The van der Waals surface area contributed by atoms with Crippen LogP contribution in [0.2, 0.25) is 0 Å². The van der Waals surface area contributed by atoms with E-state index in [1.165, 1.54) is 11.0 Å². The monoisotopic (exact) mass is 352 g/mol. The molecule has 0 bridgehead atoms. The summed E-state index contributed by atoms with van der Waals surface area (Å²) in [6.07, 6.45) is 4.29. The SMILES string of the molecule is CN(Cc1cc(Br)cs1)c1ccc(/C=C/C(=O)O)cn1. The lowest BCUT2D eigenvalue weighted by molar-refractivity contribution is -0.131. The van der Waals surface area contributed by atoms with Crippen molar-refractivity contribution in [1.82, 2.24) is 4.98 Å². The predicted molar refractivity (Wildman–Crippen MR) is 85.0 cm³/mol. The minimum absolute atomic E-state index is 0.767. The second kappa shape index (κ2) is 6.67. The Morgan fingerprint density at radius 2 is 2.35 bits per heavy atom. The van der Waals surface area contributed by atoms with Crippen LogP contribution >= 0.6 is 27.3 Å². The van der Waals surface area contributed by atoms with Crippen LogP contribution in [0, 0.1) is 0 Å². The average Bonchev–Trinajstić information content (AvgIpc) is 2.82. The Morgan fingerprint density at radius 3 is 2.90 bits per heavy atom. The second-order valence-electron chi connectivity index (χ2n) is 4.21. The van der Waals surface area contributed by atoms with Crippen LogP contribution < -0.4 is 4.90 Å². The topological polar surface area (TPSA) is 53.4 Å². The molecule has 0 amide bonds. The first kappa shape index (κ1) is 14.7. The van der Waals surface area contributed by atoms with Crippen molar-refractivity contribution in [3.8, 4) is 0 Å². The first-order valence-electron chi connectivity index (χ1n) is 5.86. The minimum atomic E-state index is -0.963. The molecule has 4 nitrogen and oxygen atoms in total. The fraction of sp³-hybridized carbons (Fsp3) is 0.143. The lowest BCUT2D eigenvalue weighted by Gasteiger charge is -2.17. The lowest BCUT2D eigenvalue weighted by atomic mass is 10.2. The van der Waals surface area contributed by atoms with Crippen molar-refractivity contribution < 1.29 is 9.90 Å². The number of nitrogens with zero attached hydrogens (tertiary/aromatic N) is 2. The van der Waals surface area contributed by atoms with Crippen LogP contribution in [0.4, 0.5) is 5.82 Å². The van der Waals surface area contributed by atoms with Crippen molar-refractivity contribution in [3.63, 3.8) is 0 Å². The van der Waals surface area contributed by atoms with Crippen LogP contribution in [-0.2, 0) is 11.3 Å². The van der Waals surface area contributed by atoms with Crippen molar-refractivity contribution in [3.05, 3.63) is 50.8 Å². The van der Waals surface area contributed by atoms with Crippen molar-refractivity contribution in [2.24, 2.45) is 0 Å². The van der Waals surface area contributed by atoms with Crippen LogP contribution in [0.25, 0.3) is 6.08 Å². The molecule has 1 N–H and O–H groups in total. The number of rotatable bonds is 5. The molecule has 0 fully saturated rings. The standard InChI is InChI=1S/C14H13BrN2O2S/c1-17(8-12-6-11(15)9-20-12)13-4-2-10(7-16-13)3-5-14(18)19/h2-7,9H,8H2,1H3,(H,18,19)/b5-3+. The Bertz CT molecular complexity index is 622. The van der Waals surface area contributed by atoms with E-state index in [9.17, 15) is 4.79 Å². The minimum Gasteiger partial charge on any atom is -0.478 e. The molecule has 0 saturated carbocycles. The van der Waals surface area contributed by atoms with E-state index in [1.807, 2.05) is 24.1 Å². The van der Waals surface area contributed by atoms with Gasteiger partial charge in [-0.25, -0.2) is 9.78 Å². The number of hydrogen-bond donors (Lipinski definition) is 1. The van der Waals surface area contributed by atoms with Crippen LogP contribution in [0.15, 0.2) is 40.3 Å². The summed E-state index contributed by atoms with van der Waals surface area (Å²) in [4.78, 5) is 18.1. The summed E-state index contributed by atoms with van der Waals surface area (Å²) in [6.45, 7) is 0.785. The number of thiophene rings is 1. The number of hydrogen-bond acceptors (Lipinski definition) is 4. The third-order valence-electron chi connectivity index (χ3n) is 2.59. The zero-order valence-electron chi connectivity index (χ0n) is 10.8. The number of halogens is 1. The van der Waals surface area contributed by atoms with Gasteiger partial charge >= 0.3 is 5.97 Å². The van der Waals surface area contributed by atoms with E-state index in [2.05, 4.69) is 32.4 Å². The van der Waals surface area contributed by atoms with Crippen LogP contribution in [0.3, 0.4) is 0 Å². The maximum Gasteiger partial charge on any atom is 0.328 e. The molecule has 0 aromatic carbocycles. The van der Waals surface area contributed by atoms with Gasteiger partial charge in [0.1, 0.15) is 5.82 Å². The highest BCUT2D eigenvalue weighted by Crippen LogP contribution is 2.22. The van der Waals surface area contributed by atoms with E-state index in [1.54, 1.807) is 17.5 Å². The molecular weight excluding hydrogens is 340 g/mol. The van der Waals surface area contributed by atoms with Crippen molar-refractivity contribution in [2.45, 2.75) is 6.54 Å². The van der Waals surface area contributed by atoms with Crippen molar-refractivity contribution >= 4 is 45.1 Å². The zero-order valence-corrected chi connectivity index (χ0v) is 13.2. The molecule has 0 aliphatic rings. The Morgan fingerprint density at radius 1 is 1.55 bits per heavy atom. The van der Waals surface area contributed by atoms with E-state index in [4.69, 9.17) is 5.11 Å².